The van der Waals surface area contributed by atoms with Crippen LogP contribution in [0.3, 0.4) is 0 Å². The first kappa shape index (κ1) is 10.6. The van der Waals surface area contributed by atoms with Crippen molar-refractivity contribution in [3.8, 4) is 0 Å². The quantitative estimate of drug-likeness (QED) is 0.849. The number of hydrogen-bond donors (Lipinski definition) is 1. The van der Waals surface area contributed by atoms with Gasteiger partial charge < -0.3 is 9.67 Å². The third-order valence-electron chi connectivity index (χ3n) is 1.47. The van der Waals surface area contributed by atoms with E-state index in [0.29, 0.717) is 9.76 Å². The number of carboxylic acids is 1. The third-order valence-corrected chi connectivity index (χ3v) is 3.21. The highest BCUT2D eigenvalue weighted by Crippen LogP contribution is 2.25. The summed E-state index contributed by atoms with van der Waals surface area (Å²) in [6.07, 6.45) is 0. The lowest BCUT2D eigenvalue weighted by molar-refractivity contribution is 0.0686. The fourth-order valence-corrected chi connectivity index (χ4v) is 2.19. The molecule has 1 aromatic rings. The minimum absolute atomic E-state index is 0.112. The van der Waals surface area contributed by atoms with E-state index in [-0.39, 0.29) is 5.69 Å². The van der Waals surface area contributed by atoms with E-state index in [0.717, 1.165) is 5.75 Å². The van der Waals surface area contributed by atoms with E-state index in [1.807, 2.05) is 6.92 Å². The molecule has 4 nitrogen and oxygen atoms in total. The molecule has 0 aliphatic rings. The van der Waals surface area contributed by atoms with Gasteiger partial charge in [0.15, 0.2) is 10.4 Å². The number of carbonyl (C=O) groups is 1. The lowest BCUT2D eigenvalue weighted by atomic mass is 10.5. The summed E-state index contributed by atoms with van der Waals surface area (Å²) in [7, 11) is 1.78. The molecular weight excluding hydrogens is 256 g/mol. The molecule has 1 aromatic heterocycles. The molecule has 0 amide bonds. The maximum absolute atomic E-state index is 10.8. The Labute approximate surface area is 88.5 Å². The first-order chi connectivity index (χ1) is 6.07. The highest BCUT2D eigenvalue weighted by Gasteiger charge is 2.18. The van der Waals surface area contributed by atoms with Crippen LogP contribution in [0.5, 0.6) is 0 Å². The highest BCUT2D eigenvalue weighted by molar-refractivity contribution is 9.10. The number of aromatic nitrogens is 2. The van der Waals surface area contributed by atoms with Crippen LogP contribution in [0.4, 0.5) is 0 Å². The Kier molecular flexibility index (Phi) is 3.38. The van der Waals surface area contributed by atoms with E-state index in [1.165, 1.54) is 11.8 Å². The van der Waals surface area contributed by atoms with Crippen LogP contribution in [0.2, 0.25) is 0 Å². The maximum atomic E-state index is 10.8. The van der Waals surface area contributed by atoms with Crippen LogP contribution in [0.15, 0.2) is 9.76 Å². The monoisotopic (exact) mass is 264 g/mol. The minimum atomic E-state index is -0.989. The van der Waals surface area contributed by atoms with Gasteiger partial charge in [-0.15, -0.1) is 11.8 Å². The van der Waals surface area contributed by atoms with Gasteiger partial charge in [-0.05, 0) is 21.7 Å². The number of aromatic carboxylic acids is 1. The van der Waals surface area contributed by atoms with Crippen LogP contribution >= 0.6 is 27.7 Å². The Hall–Kier alpha value is -0.490. The lowest BCUT2D eigenvalue weighted by Gasteiger charge is -2.00. The number of imidazole rings is 1. The van der Waals surface area contributed by atoms with E-state index >= 15 is 0 Å². The second-order valence-corrected chi connectivity index (χ2v) is 4.29. The summed E-state index contributed by atoms with van der Waals surface area (Å²) < 4.78 is 2.26. The molecule has 0 spiro atoms. The van der Waals surface area contributed by atoms with Gasteiger partial charge in [0.25, 0.3) is 0 Å². The molecule has 0 unspecified atom stereocenters. The molecule has 0 aliphatic carbocycles. The molecule has 1 N–H and O–H groups in total. The summed E-state index contributed by atoms with van der Waals surface area (Å²) in [5.74, 6) is -0.163. The summed E-state index contributed by atoms with van der Waals surface area (Å²) in [5, 5.41) is 9.50. The third kappa shape index (κ3) is 2.05. The molecule has 72 valence electrons. The SMILES string of the molecule is CCSc1c(C(=O)O)nc(Br)n1C. The number of nitrogens with zero attached hydrogens (tertiary/aromatic N) is 2. The van der Waals surface area contributed by atoms with Crippen LogP contribution < -0.4 is 0 Å². The summed E-state index contributed by atoms with van der Waals surface area (Å²) in [6.45, 7) is 1.97. The first-order valence-electron chi connectivity index (χ1n) is 3.66. The van der Waals surface area contributed by atoms with Crippen molar-refractivity contribution >= 4 is 33.7 Å². The summed E-state index contributed by atoms with van der Waals surface area (Å²) in [6, 6.07) is 0. The predicted octanol–water partition coefficient (Wildman–Crippen LogP) is 1.99. The molecule has 0 aromatic carbocycles. The lowest BCUT2D eigenvalue weighted by Crippen LogP contribution is -2.00. The molecule has 6 heteroatoms. The van der Waals surface area contributed by atoms with Crippen molar-refractivity contribution in [3.05, 3.63) is 10.4 Å². The fraction of sp³-hybridized carbons (Fsp3) is 0.429. The van der Waals surface area contributed by atoms with Gasteiger partial charge in [-0.25, -0.2) is 9.78 Å². The number of thioether (sulfide) groups is 1. The zero-order valence-electron chi connectivity index (χ0n) is 7.24. The maximum Gasteiger partial charge on any atom is 0.357 e. The molecule has 0 radical (unpaired) electrons. The average molecular weight is 265 g/mol. The number of halogens is 1. The first-order valence-corrected chi connectivity index (χ1v) is 5.44. The molecule has 1 rings (SSSR count). The predicted molar refractivity (Wildman–Crippen MR) is 54.3 cm³/mol. The van der Waals surface area contributed by atoms with Crippen molar-refractivity contribution in [2.75, 3.05) is 5.75 Å². The van der Waals surface area contributed by atoms with Crippen molar-refractivity contribution in [3.63, 3.8) is 0 Å². The molecule has 0 saturated heterocycles. The van der Waals surface area contributed by atoms with Gasteiger partial charge in [-0.3, -0.25) is 0 Å². The largest absolute Gasteiger partial charge is 0.476 e. The molecule has 13 heavy (non-hydrogen) atoms. The van der Waals surface area contributed by atoms with Gasteiger partial charge in [0, 0.05) is 7.05 Å². The normalized spacial score (nSPS) is 10.4. The van der Waals surface area contributed by atoms with E-state index < -0.39 is 5.97 Å². The van der Waals surface area contributed by atoms with Crippen molar-refractivity contribution in [1.82, 2.24) is 9.55 Å². The highest BCUT2D eigenvalue weighted by atomic mass is 79.9. The van der Waals surface area contributed by atoms with Crippen LogP contribution in [-0.2, 0) is 7.05 Å². The smallest absolute Gasteiger partial charge is 0.357 e. The standard InChI is InChI=1S/C7H9BrN2O2S/c1-3-13-5-4(6(11)12)9-7(8)10(5)2/h3H2,1-2H3,(H,11,12). The number of carboxylic acid groups (broad SMARTS) is 1. The minimum Gasteiger partial charge on any atom is -0.476 e. The van der Waals surface area contributed by atoms with E-state index in [1.54, 1.807) is 11.6 Å². The topological polar surface area (TPSA) is 55.1 Å². The molecule has 1 heterocycles. The average Bonchev–Trinajstić information content (AvgIpc) is 2.33. The van der Waals surface area contributed by atoms with Gasteiger partial charge in [0.1, 0.15) is 5.03 Å². The van der Waals surface area contributed by atoms with Crippen LogP contribution in [0.25, 0.3) is 0 Å². The zero-order chi connectivity index (χ0) is 10.0. The van der Waals surface area contributed by atoms with Crippen LogP contribution in [0, 0.1) is 0 Å². The zero-order valence-corrected chi connectivity index (χ0v) is 9.65. The van der Waals surface area contributed by atoms with E-state index in [9.17, 15) is 4.79 Å². The van der Waals surface area contributed by atoms with E-state index in [2.05, 4.69) is 20.9 Å². The molecule has 0 fully saturated rings. The Morgan fingerprint density at radius 1 is 1.77 bits per heavy atom. The van der Waals surface area contributed by atoms with Gasteiger partial charge in [0.2, 0.25) is 0 Å². The second kappa shape index (κ2) is 4.15. The van der Waals surface area contributed by atoms with Gasteiger partial charge in [-0.1, -0.05) is 6.92 Å². The summed E-state index contributed by atoms with van der Waals surface area (Å²) >= 11 is 4.65. The van der Waals surface area contributed by atoms with Crippen molar-refractivity contribution in [2.45, 2.75) is 11.9 Å². The van der Waals surface area contributed by atoms with Gasteiger partial charge in [0.05, 0.1) is 0 Å². The summed E-state index contributed by atoms with van der Waals surface area (Å²) in [5.41, 5.74) is 0.112. The molecule has 0 atom stereocenters. The Morgan fingerprint density at radius 3 is 2.85 bits per heavy atom. The van der Waals surface area contributed by atoms with Crippen molar-refractivity contribution in [1.29, 1.82) is 0 Å². The molecular formula is C7H9BrN2O2S. The molecule has 0 saturated carbocycles. The molecule has 0 bridgehead atoms. The number of hydrogen-bond acceptors (Lipinski definition) is 3. The Balaban J connectivity index is 3.18. The fourth-order valence-electron chi connectivity index (χ4n) is 0.899. The Morgan fingerprint density at radius 2 is 2.38 bits per heavy atom. The van der Waals surface area contributed by atoms with E-state index in [4.69, 9.17) is 5.11 Å². The number of rotatable bonds is 3. The second-order valence-electron chi connectivity index (χ2n) is 2.33. The van der Waals surface area contributed by atoms with Crippen molar-refractivity contribution in [2.24, 2.45) is 7.05 Å². The molecule has 0 aliphatic heterocycles. The van der Waals surface area contributed by atoms with Crippen LogP contribution in [0.1, 0.15) is 17.4 Å². The van der Waals surface area contributed by atoms with Gasteiger partial charge >= 0.3 is 5.97 Å². The van der Waals surface area contributed by atoms with Crippen LogP contribution in [-0.4, -0.2) is 26.4 Å². The Bertz CT molecular complexity index is 337. The van der Waals surface area contributed by atoms with Crippen molar-refractivity contribution < 1.29 is 9.90 Å². The van der Waals surface area contributed by atoms with Gasteiger partial charge in [-0.2, -0.15) is 0 Å². The summed E-state index contributed by atoms with van der Waals surface area (Å²) in [4.78, 5) is 14.6.